The fourth-order valence-corrected chi connectivity index (χ4v) is 9.62. The van der Waals surface area contributed by atoms with E-state index in [1.165, 1.54) is 44.5 Å². The van der Waals surface area contributed by atoms with E-state index in [0.717, 1.165) is 61.5 Å². The summed E-state index contributed by atoms with van der Waals surface area (Å²) in [7, 11) is 0. The Hall–Kier alpha value is -7.62. The van der Waals surface area contributed by atoms with Gasteiger partial charge in [0, 0.05) is 33.2 Å². The third kappa shape index (κ3) is 4.74. The van der Waals surface area contributed by atoms with Crippen LogP contribution in [-0.4, -0.2) is 9.97 Å². The van der Waals surface area contributed by atoms with Gasteiger partial charge in [-0.25, -0.2) is 9.97 Å². The van der Waals surface area contributed by atoms with E-state index in [-0.39, 0.29) is 0 Å². The molecule has 0 fully saturated rings. The van der Waals surface area contributed by atoms with Crippen molar-refractivity contribution in [2.75, 3.05) is 0 Å². The lowest BCUT2D eigenvalue weighted by Gasteiger charge is -2.30. The molecule has 2 aromatic heterocycles. The van der Waals surface area contributed by atoms with E-state index in [4.69, 9.17) is 14.4 Å². The second kappa shape index (κ2) is 12.7. The van der Waals surface area contributed by atoms with Crippen LogP contribution in [0.5, 0.6) is 0 Å². The maximum Gasteiger partial charge on any atom is 0.161 e. The number of nitrogens with zero attached hydrogens (tertiary/aromatic N) is 2. The molecule has 12 rings (SSSR count). The predicted octanol–water partition coefficient (Wildman–Crippen LogP) is 13.9. The molecular formula is C55H34N2O. The van der Waals surface area contributed by atoms with Gasteiger partial charge in [-0.3, -0.25) is 0 Å². The molecule has 0 saturated heterocycles. The monoisotopic (exact) mass is 738 g/mol. The molecule has 1 atom stereocenters. The van der Waals surface area contributed by atoms with Crippen LogP contribution in [0.3, 0.4) is 0 Å². The van der Waals surface area contributed by atoms with Crippen LogP contribution in [0.15, 0.2) is 211 Å². The Kier molecular flexibility index (Phi) is 7.14. The molecule has 58 heavy (non-hydrogen) atoms. The first-order chi connectivity index (χ1) is 28.8. The highest BCUT2D eigenvalue weighted by Crippen LogP contribution is 2.65. The van der Waals surface area contributed by atoms with E-state index >= 15 is 0 Å². The Labute approximate surface area is 336 Å². The maximum absolute atomic E-state index is 6.75. The van der Waals surface area contributed by atoms with Crippen molar-refractivity contribution in [3.8, 4) is 78.6 Å². The maximum atomic E-state index is 6.75. The van der Waals surface area contributed by atoms with Crippen molar-refractivity contribution in [1.29, 1.82) is 0 Å². The number of rotatable bonds is 5. The van der Waals surface area contributed by atoms with Crippen LogP contribution < -0.4 is 0 Å². The second-order valence-electron chi connectivity index (χ2n) is 15.2. The van der Waals surface area contributed by atoms with Gasteiger partial charge in [0.1, 0.15) is 11.3 Å². The van der Waals surface area contributed by atoms with Gasteiger partial charge in [0.2, 0.25) is 0 Å². The van der Waals surface area contributed by atoms with Crippen LogP contribution in [0.2, 0.25) is 0 Å². The minimum atomic E-state index is -0.543. The summed E-state index contributed by atoms with van der Waals surface area (Å²) in [4.78, 5) is 10.6. The average Bonchev–Trinajstić information content (AvgIpc) is 3.93. The highest BCUT2D eigenvalue weighted by atomic mass is 16.3. The number of fused-ring (bicyclic) bond motifs is 12. The van der Waals surface area contributed by atoms with Gasteiger partial charge in [0.25, 0.3) is 0 Å². The van der Waals surface area contributed by atoms with Gasteiger partial charge in [-0.05, 0) is 68.3 Å². The number of hydrogen-bond acceptors (Lipinski definition) is 3. The first-order valence-corrected chi connectivity index (χ1v) is 19.8. The van der Waals surface area contributed by atoms with Gasteiger partial charge < -0.3 is 4.42 Å². The Balaban J connectivity index is 1.06. The van der Waals surface area contributed by atoms with Crippen molar-refractivity contribution in [1.82, 2.24) is 9.97 Å². The van der Waals surface area contributed by atoms with Crippen molar-refractivity contribution in [3.05, 3.63) is 229 Å². The molecule has 0 radical (unpaired) electrons. The van der Waals surface area contributed by atoms with Crippen LogP contribution in [0, 0.1) is 0 Å². The average molecular weight is 739 g/mol. The molecule has 2 aliphatic carbocycles. The zero-order valence-electron chi connectivity index (χ0n) is 31.4. The summed E-state index contributed by atoms with van der Waals surface area (Å²) in [5.41, 5.74) is 18.4. The summed E-state index contributed by atoms with van der Waals surface area (Å²) in [6.07, 6.45) is 0. The standard InChI is InChI=1S/C55H34N2O/c1-3-15-35(16-4-1)36-27-29-38(30-28-36)50-34-49(37-17-5-2-6-18-37)56-54(57-50)43-21-8-7-19-40(43)39-31-32-42-41-20-9-12-24-46(41)55(48(42)33-39)47-25-13-10-22-44(47)53-52(55)45-23-11-14-26-51(45)58-53/h1-34H/t55-/m1/s1. The fourth-order valence-electron chi connectivity index (χ4n) is 9.62. The molecule has 2 heterocycles. The molecule has 8 aromatic carbocycles. The summed E-state index contributed by atoms with van der Waals surface area (Å²) in [5, 5.41) is 1.15. The van der Waals surface area contributed by atoms with E-state index < -0.39 is 5.41 Å². The number of hydrogen-bond donors (Lipinski definition) is 0. The minimum absolute atomic E-state index is 0.543. The molecule has 2 aliphatic rings. The Bertz CT molecular complexity index is 3220. The van der Waals surface area contributed by atoms with Gasteiger partial charge in [-0.15, -0.1) is 0 Å². The van der Waals surface area contributed by atoms with Crippen LogP contribution in [0.25, 0.3) is 89.6 Å². The minimum Gasteiger partial charge on any atom is -0.456 e. The lowest BCUT2D eigenvalue weighted by molar-refractivity contribution is 0.628. The molecule has 0 bridgehead atoms. The van der Waals surface area contributed by atoms with Crippen LogP contribution in [0.1, 0.15) is 22.3 Å². The van der Waals surface area contributed by atoms with E-state index in [0.29, 0.717) is 5.82 Å². The number of aromatic nitrogens is 2. The normalized spacial score (nSPS) is 14.6. The van der Waals surface area contributed by atoms with Crippen molar-refractivity contribution >= 4 is 11.0 Å². The van der Waals surface area contributed by atoms with Crippen molar-refractivity contribution in [3.63, 3.8) is 0 Å². The first-order valence-electron chi connectivity index (χ1n) is 19.8. The third-order valence-corrected chi connectivity index (χ3v) is 12.2. The molecule has 1 spiro atoms. The van der Waals surface area contributed by atoms with E-state index in [1.54, 1.807) is 0 Å². The molecule has 0 aliphatic heterocycles. The zero-order chi connectivity index (χ0) is 38.2. The molecule has 3 heteroatoms. The van der Waals surface area contributed by atoms with Crippen LogP contribution in [-0.2, 0) is 5.41 Å². The van der Waals surface area contributed by atoms with Crippen molar-refractivity contribution < 1.29 is 4.42 Å². The lowest BCUT2D eigenvalue weighted by atomic mass is 9.70. The van der Waals surface area contributed by atoms with Gasteiger partial charge in [-0.2, -0.15) is 0 Å². The molecule has 0 saturated carbocycles. The topological polar surface area (TPSA) is 38.9 Å². The van der Waals surface area contributed by atoms with Crippen LogP contribution in [0.4, 0.5) is 0 Å². The second-order valence-corrected chi connectivity index (χ2v) is 15.2. The van der Waals surface area contributed by atoms with E-state index in [9.17, 15) is 0 Å². The van der Waals surface area contributed by atoms with Gasteiger partial charge >= 0.3 is 0 Å². The molecule has 0 unspecified atom stereocenters. The highest BCUT2D eigenvalue weighted by molar-refractivity contribution is 6.02. The summed E-state index contributed by atoms with van der Waals surface area (Å²) in [5.74, 6) is 1.65. The summed E-state index contributed by atoms with van der Waals surface area (Å²) in [6.45, 7) is 0. The summed E-state index contributed by atoms with van der Waals surface area (Å²) < 4.78 is 6.75. The molecule has 0 amide bonds. The van der Waals surface area contributed by atoms with Gasteiger partial charge in [0.15, 0.2) is 5.82 Å². The Morgan fingerprint density at radius 2 is 0.845 bits per heavy atom. The highest BCUT2D eigenvalue weighted by Gasteiger charge is 2.54. The third-order valence-electron chi connectivity index (χ3n) is 12.2. The van der Waals surface area contributed by atoms with Gasteiger partial charge in [0.05, 0.1) is 16.8 Å². The van der Waals surface area contributed by atoms with Gasteiger partial charge in [-0.1, -0.05) is 188 Å². The smallest absolute Gasteiger partial charge is 0.161 e. The van der Waals surface area contributed by atoms with E-state index in [2.05, 4.69) is 194 Å². The first kappa shape index (κ1) is 32.6. The summed E-state index contributed by atoms with van der Waals surface area (Å²) >= 11 is 0. The lowest BCUT2D eigenvalue weighted by Crippen LogP contribution is -2.25. The van der Waals surface area contributed by atoms with Crippen molar-refractivity contribution in [2.24, 2.45) is 0 Å². The predicted molar refractivity (Wildman–Crippen MR) is 235 cm³/mol. The number of para-hydroxylation sites is 1. The van der Waals surface area contributed by atoms with Crippen molar-refractivity contribution in [2.45, 2.75) is 5.41 Å². The molecule has 3 nitrogen and oxygen atoms in total. The Morgan fingerprint density at radius 1 is 0.345 bits per heavy atom. The zero-order valence-corrected chi connectivity index (χ0v) is 31.4. The molecular weight excluding hydrogens is 705 g/mol. The fraction of sp³-hybridized carbons (Fsp3) is 0.0182. The molecule has 10 aromatic rings. The quantitative estimate of drug-likeness (QED) is 0.176. The van der Waals surface area contributed by atoms with E-state index in [1.807, 2.05) is 12.1 Å². The SMILES string of the molecule is c1ccc(-c2ccc(-c3cc(-c4ccccc4)nc(-c4ccccc4-c4ccc5c(c4)[C@@]4(c6ccccc6-5)c5ccccc5-c5oc6ccccc6c54)n3)cc2)cc1. The Morgan fingerprint density at radius 3 is 1.59 bits per heavy atom. The number of furan rings is 1. The largest absolute Gasteiger partial charge is 0.456 e. The number of benzene rings is 8. The molecule has 0 N–H and O–H groups in total. The summed E-state index contributed by atoms with van der Waals surface area (Å²) in [6, 6.07) is 73.5. The van der Waals surface area contributed by atoms with Crippen LogP contribution >= 0.6 is 0 Å². The molecule has 270 valence electrons.